The first-order chi connectivity index (χ1) is 10.3. The third-order valence-corrected chi connectivity index (χ3v) is 3.75. The number of hydrogen-bond acceptors (Lipinski definition) is 5. The zero-order valence-corrected chi connectivity index (χ0v) is 12.7. The number of thiophene rings is 1. The van der Waals surface area contributed by atoms with Crippen molar-refractivity contribution in [2.75, 3.05) is 7.11 Å². The van der Waals surface area contributed by atoms with Crippen molar-refractivity contribution in [2.45, 2.75) is 0 Å². The fourth-order valence-electron chi connectivity index (χ4n) is 1.77. The lowest BCUT2D eigenvalue weighted by Gasteiger charge is -2.00. The lowest BCUT2D eigenvalue weighted by Crippen LogP contribution is -1.83. The second kappa shape index (κ2) is 6.11. The van der Waals surface area contributed by atoms with E-state index in [1.165, 1.54) is 0 Å². The van der Waals surface area contributed by atoms with E-state index in [0.29, 0.717) is 16.7 Å². The summed E-state index contributed by atoms with van der Waals surface area (Å²) >= 11 is 7.81. The maximum Gasteiger partial charge on any atom is 0.269 e. The Morgan fingerprint density at radius 1 is 1.38 bits per heavy atom. The molecule has 6 heteroatoms. The Kier molecular flexibility index (Phi) is 4.03. The highest BCUT2D eigenvalue weighted by Gasteiger charge is 2.11. The molecule has 2 aromatic heterocycles. The highest BCUT2D eigenvalue weighted by molar-refractivity contribution is 7.08. The molecule has 0 N–H and O–H groups in total. The fraction of sp³-hybridized carbons (Fsp3) is 0.0667. The summed E-state index contributed by atoms with van der Waals surface area (Å²) < 4.78 is 10.4. The summed E-state index contributed by atoms with van der Waals surface area (Å²) in [6, 6.07) is 9.48. The van der Waals surface area contributed by atoms with Crippen LogP contribution in [0.1, 0.15) is 11.5 Å². The summed E-state index contributed by atoms with van der Waals surface area (Å²) in [5.74, 6) is 1.59. The topological polar surface area (TPSA) is 48.2 Å². The van der Waals surface area contributed by atoms with Gasteiger partial charge in [0.05, 0.1) is 7.11 Å². The van der Waals surface area contributed by atoms with E-state index in [2.05, 4.69) is 10.1 Å². The largest absolute Gasteiger partial charge is 0.497 e. The molecule has 0 aliphatic heterocycles. The Hall–Kier alpha value is -2.11. The zero-order chi connectivity index (χ0) is 14.7. The van der Waals surface area contributed by atoms with E-state index in [4.69, 9.17) is 20.9 Å². The molecule has 1 aromatic carbocycles. The molecule has 106 valence electrons. The van der Waals surface area contributed by atoms with Gasteiger partial charge in [0, 0.05) is 10.9 Å². The highest BCUT2D eigenvalue weighted by atomic mass is 35.5. The first kappa shape index (κ1) is 13.9. The van der Waals surface area contributed by atoms with Crippen LogP contribution in [0.15, 0.2) is 45.6 Å². The molecule has 0 aliphatic rings. The molecule has 2 heterocycles. The molecular weight excluding hydrogens is 308 g/mol. The second-order valence-electron chi connectivity index (χ2n) is 4.20. The molecular formula is C15H11ClN2O2S. The molecule has 0 fully saturated rings. The summed E-state index contributed by atoms with van der Waals surface area (Å²) in [5, 5.41) is 8.22. The van der Waals surface area contributed by atoms with Crippen LogP contribution in [0, 0.1) is 0 Å². The van der Waals surface area contributed by atoms with Gasteiger partial charge in [0.25, 0.3) is 5.89 Å². The van der Waals surface area contributed by atoms with Gasteiger partial charge >= 0.3 is 0 Å². The van der Waals surface area contributed by atoms with Gasteiger partial charge in [-0.05, 0) is 35.2 Å². The summed E-state index contributed by atoms with van der Waals surface area (Å²) in [4.78, 5) is 4.29. The van der Waals surface area contributed by atoms with Gasteiger partial charge in [-0.15, -0.1) is 0 Å². The van der Waals surface area contributed by atoms with E-state index in [1.807, 2.05) is 41.1 Å². The molecule has 3 aromatic rings. The van der Waals surface area contributed by atoms with Crippen LogP contribution in [0.25, 0.3) is 22.5 Å². The van der Waals surface area contributed by atoms with E-state index >= 15 is 0 Å². The van der Waals surface area contributed by atoms with Crippen LogP contribution < -0.4 is 4.74 Å². The summed E-state index contributed by atoms with van der Waals surface area (Å²) in [6.45, 7) is 0. The van der Waals surface area contributed by atoms with Gasteiger partial charge < -0.3 is 9.26 Å². The fourth-order valence-corrected chi connectivity index (χ4v) is 2.61. The molecule has 0 unspecified atom stereocenters. The van der Waals surface area contributed by atoms with Gasteiger partial charge in [-0.25, -0.2) is 0 Å². The minimum Gasteiger partial charge on any atom is -0.497 e. The molecule has 0 saturated carbocycles. The van der Waals surface area contributed by atoms with Crippen molar-refractivity contribution in [3.63, 3.8) is 0 Å². The van der Waals surface area contributed by atoms with Gasteiger partial charge in [0.1, 0.15) is 10.8 Å². The number of benzene rings is 1. The number of rotatable bonds is 4. The van der Waals surface area contributed by atoms with Crippen molar-refractivity contribution in [3.05, 3.63) is 52.5 Å². The maximum atomic E-state index is 6.24. The first-order valence-corrected chi connectivity index (χ1v) is 7.46. The Morgan fingerprint density at radius 2 is 2.29 bits per heavy atom. The average Bonchev–Trinajstić information content (AvgIpc) is 3.18. The minimum atomic E-state index is 0.292. The zero-order valence-electron chi connectivity index (χ0n) is 11.1. The third kappa shape index (κ3) is 3.15. The van der Waals surface area contributed by atoms with Crippen molar-refractivity contribution in [3.8, 4) is 17.1 Å². The Morgan fingerprint density at radius 3 is 3.05 bits per heavy atom. The van der Waals surface area contributed by atoms with Crippen LogP contribution in [0.4, 0.5) is 0 Å². The van der Waals surface area contributed by atoms with Gasteiger partial charge in [-0.3, -0.25) is 0 Å². The molecule has 0 aliphatic carbocycles. The summed E-state index contributed by atoms with van der Waals surface area (Å²) in [6.07, 6.45) is 1.76. The highest BCUT2D eigenvalue weighted by Crippen LogP contribution is 2.25. The third-order valence-electron chi connectivity index (χ3n) is 2.80. The van der Waals surface area contributed by atoms with Gasteiger partial charge in [0.2, 0.25) is 5.82 Å². The normalized spacial score (nSPS) is 11.6. The van der Waals surface area contributed by atoms with Gasteiger partial charge in [-0.2, -0.15) is 16.3 Å². The average molecular weight is 319 g/mol. The van der Waals surface area contributed by atoms with Crippen LogP contribution >= 0.6 is 22.9 Å². The van der Waals surface area contributed by atoms with E-state index in [9.17, 15) is 0 Å². The van der Waals surface area contributed by atoms with Crippen molar-refractivity contribution < 1.29 is 9.26 Å². The Balaban J connectivity index is 1.87. The SMILES string of the molecule is COc1cccc(C=C(Cl)c2nc(-c3ccsc3)no2)c1. The lowest BCUT2D eigenvalue weighted by atomic mass is 10.2. The lowest BCUT2D eigenvalue weighted by molar-refractivity contribution is 0.410. The maximum absolute atomic E-state index is 6.24. The smallest absolute Gasteiger partial charge is 0.269 e. The van der Waals surface area contributed by atoms with Crippen molar-refractivity contribution in [2.24, 2.45) is 0 Å². The first-order valence-electron chi connectivity index (χ1n) is 6.14. The van der Waals surface area contributed by atoms with Crippen molar-refractivity contribution in [1.82, 2.24) is 10.1 Å². The predicted molar refractivity (Wildman–Crippen MR) is 84.3 cm³/mol. The van der Waals surface area contributed by atoms with E-state index in [-0.39, 0.29) is 0 Å². The number of aromatic nitrogens is 2. The molecule has 0 amide bonds. The summed E-state index contributed by atoms with van der Waals surface area (Å²) in [5.41, 5.74) is 1.82. The molecule has 3 rings (SSSR count). The molecule has 0 saturated heterocycles. The van der Waals surface area contributed by atoms with Crippen molar-refractivity contribution >= 4 is 34.0 Å². The molecule has 4 nitrogen and oxygen atoms in total. The van der Waals surface area contributed by atoms with Gasteiger partial charge in [0.15, 0.2) is 0 Å². The number of hydrogen-bond donors (Lipinski definition) is 0. The van der Waals surface area contributed by atoms with Crippen LogP contribution in [0.3, 0.4) is 0 Å². The van der Waals surface area contributed by atoms with Crippen LogP contribution in [0.2, 0.25) is 0 Å². The standard InChI is InChI=1S/C15H11ClN2O2S/c1-19-12-4-2-3-10(7-12)8-13(16)15-17-14(18-20-15)11-5-6-21-9-11/h2-9H,1H3. The summed E-state index contributed by atoms with van der Waals surface area (Å²) in [7, 11) is 1.62. The van der Waals surface area contributed by atoms with E-state index in [0.717, 1.165) is 16.9 Å². The molecule has 0 atom stereocenters. The van der Waals surface area contributed by atoms with Gasteiger partial charge in [-0.1, -0.05) is 28.9 Å². The second-order valence-corrected chi connectivity index (χ2v) is 5.39. The minimum absolute atomic E-state index is 0.292. The number of ether oxygens (including phenoxy) is 1. The molecule has 0 spiro atoms. The van der Waals surface area contributed by atoms with E-state index < -0.39 is 0 Å². The van der Waals surface area contributed by atoms with Crippen LogP contribution in [-0.4, -0.2) is 17.3 Å². The van der Waals surface area contributed by atoms with E-state index in [1.54, 1.807) is 24.5 Å². The molecule has 0 bridgehead atoms. The Labute approximate surface area is 130 Å². The number of methoxy groups -OCH3 is 1. The van der Waals surface area contributed by atoms with Crippen molar-refractivity contribution in [1.29, 1.82) is 0 Å². The van der Waals surface area contributed by atoms with Crippen LogP contribution in [0.5, 0.6) is 5.75 Å². The number of nitrogens with zero attached hydrogens (tertiary/aromatic N) is 2. The quantitative estimate of drug-likeness (QED) is 0.708. The molecule has 21 heavy (non-hydrogen) atoms. The Bertz CT molecular complexity index is 766. The predicted octanol–water partition coefficient (Wildman–Crippen LogP) is 4.54. The molecule has 0 radical (unpaired) electrons. The number of halogens is 1. The van der Waals surface area contributed by atoms with Crippen LogP contribution in [-0.2, 0) is 0 Å². The monoisotopic (exact) mass is 318 g/mol.